The van der Waals surface area contributed by atoms with Crippen molar-refractivity contribution in [3.8, 4) is 0 Å². The van der Waals surface area contributed by atoms with Crippen molar-refractivity contribution in [1.29, 1.82) is 0 Å². The number of aromatic nitrogens is 2. The molecule has 2 rings (SSSR count). The smallest absolute Gasteiger partial charge is 0.287 e. The molecule has 0 saturated carbocycles. The maximum atomic E-state index is 12.6. The van der Waals surface area contributed by atoms with Crippen LogP contribution in [-0.4, -0.2) is 9.97 Å². The summed E-state index contributed by atoms with van der Waals surface area (Å²) >= 11 is 9.00. The van der Waals surface area contributed by atoms with E-state index in [1.165, 1.54) is 0 Å². The van der Waals surface area contributed by atoms with Crippen LogP contribution in [0, 0.1) is 6.08 Å². The molecule has 0 aliphatic rings. The number of aromatic amines is 1. The number of H-pyrrole nitrogens is 1. The number of imidazole rings is 1. The van der Waals surface area contributed by atoms with Gasteiger partial charge in [-0.3, -0.25) is 0 Å². The van der Waals surface area contributed by atoms with Gasteiger partial charge in [0.15, 0.2) is 0 Å². The highest BCUT2D eigenvalue weighted by atomic mass is 79.9. The zero-order chi connectivity index (χ0) is 8.72. The predicted molar refractivity (Wildman–Crippen MR) is 48.8 cm³/mol. The Morgan fingerprint density at radius 2 is 2.25 bits per heavy atom. The van der Waals surface area contributed by atoms with Crippen LogP contribution < -0.4 is 0 Å². The van der Waals surface area contributed by atoms with Gasteiger partial charge in [-0.25, -0.2) is 4.98 Å². The fourth-order valence-electron chi connectivity index (χ4n) is 0.974. The minimum Gasteiger partial charge on any atom is -0.314 e. The van der Waals surface area contributed by atoms with Gasteiger partial charge in [0.2, 0.25) is 0 Å². The summed E-state index contributed by atoms with van der Waals surface area (Å²) in [5, 5.41) is 0.533. The van der Waals surface area contributed by atoms with Gasteiger partial charge in [0, 0.05) is 4.47 Å². The molecule has 1 N–H and O–H groups in total. The summed E-state index contributed by atoms with van der Waals surface area (Å²) in [6.07, 6.45) is -0.598. The fourth-order valence-corrected chi connectivity index (χ4v) is 1.47. The number of rotatable bonds is 0. The third-order valence-electron chi connectivity index (χ3n) is 1.50. The van der Waals surface area contributed by atoms with E-state index < -0.39 is 6.08 Å². The van der Waals surface area contributed by atoms with Crippen molar-refractivity contribution in [2.24, 2.45) is 0 Å². The summed E-state index contributed by atoms with van der Waals surface area (Å²) in [4.78, 5) is 6.05. The van der Waals surface area contributed by atoms with E-state index in [0.29, 0.717) is 20.5 Å². The molecule has 0 bridgehead atoms. The van der Waals surface area contributed by atoms with Crippen molar-refractivity contribution in [2.45, 2.75) is 0 Å². The molecular formula is C7H3BrClFN2. The number of nitrogens with zero attached hydrogens (tertiary/aromatic N) is 1. The van der Waals surface area contributed by atoms with Crippen LogP contribution in [-0.2, 0) is 0 Å². The Kier molecular flexibility index (Phi) is 1.81. The van der Waals surface area contributed by atoms with Gasteiger partial charge in [-0.2, -0.15) is 4.39 Å². The average Bonchev–Trinajstić information content (AvgIpc) is 2.30. The molecule has 0 aliphatic heterocycles. The Morgan fingerprint density at radius 1 is 1.50 bits per heavy atom. The van der Waals surface area contributed by atoms with E-state index in [1.54, 1.807) is 12.1 Å². The number of halogens is 3. The molecule has 1 aromatic carbocycles. The molecule has 5 heteroatoms. The number of hydrogen-bond acceptors (Lipinski definition) is 1. The molecule has 0 atom stereocenters. The summed E-state index contributed by atoms with van der Waals surface area (Å²) in [6.45, 7) is 0. The lowest BCUT2D eigenvalue weighted by atomic mass is 10.3. The van der Waals surface area contributed by atoms with Gasteiger partial charge >= 0.3 is 0 Å². The molecule has 2 aromatic rings. The van der Waals surface area contributed by atoms with E-state index in [2.05, 4.69) is 25.9 Å². The fraction of sp³-hybridized carbons (Fsp3) is 0. The van der Waals surface area contributed by atoms with Crippen LogP contribution in [0.5, 0.6) is 0 Å². The van der Waals surface area contributed by atoms with Gasteiger partial charge < -0.3 is 4.98 Å². The van der Waals surface area contributed by atoms with Gasteiger partial charge in [-0.1, -0.05) is 11.6 Å². The molecule has 0 amide bonds. The van der Waals surface area contributed by atoms with Crippen LogP contribution in [0.15, 0.2) is 16.6 Å². The highest BCUT2D eigenvalue weighted by Gasteiger charge is 2.04. The first-order chi connectivity index (χ1) is 5.66. The van der Waals surface area contributed by atoms with Crippen molar-refractivity contribution in [1.82, 2.24) is 9.97 Å². The quantitative estimate of drug-likeness (QED) is 0.763. The first-order valence-corrected chi connectivity index (χ1v) is 4.34. The van der Waals surface area contributed by atoms with Gasteiger partial charge in [-0.15, -0.1) is 0 Å². The highest BCUT2D eigenvalue weighted by Crippen LogP contribution is 2.26. The SMILES string of the molecule is Fc1nc2cc(Br)c(Cl)cc2[nH]1. The first kappa shape index (κ1) is 8.01. The largest absolute Gasteiger partial charge is 0.314 e. The van der Waals surface area contributed by atoms with Crippen molar-refractivity contribution < 1.29 is 4.39 Å². The molecule has 1 heterocycles. The van der Waals surface area contributed by atoms with Crippen molar-refractivity contribution in [2.75, 3.05) is 0 Å². The Morgan fingerprint density at radius 3 is 3.00 bits per heavy atom. The number of fused-ring (bicyclic) bond motifs is 1. The van der Waals surface area contributed by atoms with Crippen LogP contribution in [0.1, 0.15) is 0 Å². The van der Waals surface area contributed by atoms with Gasteiger partial charge in [-0.05, 0) is 28.1 Å². The molecule has 2 nitrogen and oxygen atoms in total. The Labute approximate surface area is 80.9 Å². The summed E-state index contributed by atoms with van der Waals surface area (Å²) < 4.78 is 13.3. The highest BCUT2D eigenvalue weighted by molar-refractivity contribution is 9.10. The minimum absolute atomic E-state index is 0.533. The molecule has 0 spiro atoms. The number of hydrogen-bond donors (Lipinski definition) is 1. The van der Waals surface area contributed by atoms with Crippen LogP contribution in [0.4, 0.5) is 4.39 Å². The number of benzene rings is 1. The summed E-state index contributed by atoms with van der Waals surface area (Å²) in [6, 6.07) is 3.29. The van der Waals surface area contributed by atoms with E-state index in [-0.39, 0.29) is 0 Å². The van der Waals surface area contributed by atoms with Crippen LogP contribution in [0.3, 0.4) is 0 Å². The van der Waals surface area contributed by atoms with Gasteiger partial charge in [0.25, 0.3) is 6.08 Å². The second-order valence-corrected chi connectivity index (χ2v) is 3.57. The van der Waals surface area contributed by atoms with Gasteiger partial charge in [0.1, 0.15) is 0 Å². The van der Waals surface area contributed by atoms with Gasteiger partial charge in [0.05, 0.1) is 16.1 Å². The minimum atomic E-state index is -0.598. The topological polar surface area (TPSA) is 28.7 Å². The van der Waals surface area contributed by atoms with Crippen LogP contribution in [0.2, 0.25) is 5.02 Å². The zero-order valence-electron chi connectivity index (χ0n) is 5.74. The summed E-state index contributed by atoms with van der Waals surface area (Å²) in [7, 11) is 0. The average molecular weight is 249 g/mol. The Bertz CT molecular complexity index is 401. The van der Waals surface area contributed by atoms with Crippen LogP contribution >= 0.6 is 27.5 Å². The molecule has 0 aliphatic carbocycles. The lowest BCUT2D eigenvalue weighted by Gasteiger charge is -1.93. The maximum Gasteiger partial charge on any atom is 0.287 e. The third-order valence-corrected chi connectivity index (χ3v) is 2.69. The lowest BCUT2D eigenvalue weighted by Crippen LogP contribution is -1.71. The zero-order valence-corrected chi connectivity index (χ0v) is 8.08. The van der Waals surface area contributed by atoms with E-state index in [0.717, 1.165) is 0 Å². The molecule has 0 saturated heterocycles. The van der Waals surface area contributed by atoms with Crippen molar-refractivity contribution >= 4 is 38.6 Å². The third kappa shape index (κ3) is 1.21. The normalized spacial score (nSPS) is 10.9. The second kappa shape index (κ2) is 2.71. The molecule has 0 radical (unpaired) electrons. The van der Waals surface area contributed by atoms with E-state index in [1.807, 2.05) is 0 Å². The van der Waals surface area contributed by atoms with Crippen LogP contribution in [0.25, 0.3) is 11.0 Å². The standard InChI is InChI=1S/C7H3BrClFN2/c8-3-1-5-6(2-4(3)9)12-7(10)11-5/h1-2H,(H,11,12). The van der Waals surface area contributed by atoms with Crippen molar-refractivity contribution in [3.05, 3.63) is 27.7 Å². The summed E-state index contributed by atoms with van der Waals surface area (Å²) in [5.74, 6) is 0. The number of nitrogens with one attached hydrogen (secondary N) is 1. The van der Waals surface area contributed by atoms with Crippen molar-refractivity contribution in [3.63, 3.8) is 0 Å². The Hall–Kier alpha value is -0.610. The molecular weight excluding hydrogens is 246 g/mol. The Balaban J connectivity index is 2.83. The lowest BCUT2D eigenvalue weighted by molar-refractivity contribution is 0.556. The monoisotopic (exact) mass is 248 g/mol. The molecule has 12 heavy (non-hydrogen) atoms. The molecule has 0 fully saturated rings. The first-order valence-electron chi connectivity index (χ1n) is 3.17. The molecule has 0 unspecified atom stereocenters. The summed E-state index contributed by atoms with van der Waals surface area (Å²) in [5.41, 5.74) is 1.16. The van der Waals surface area contributed by atoms with E-state index in [9.17, 15) is 4.39 Å². The molecule has 1 aromatic heterocycles. The second-order valence-electron chi connectivity index (χ2n) is 2.31. The van der Waals surface area contributed by atoms with E-state index in [4.69, 9.17) is 11.6 Å². The molecule has 62 valence electrons. The van der Waals surface area contributed by atoms with E-state index >= 15 is 0 Å². The maximum absolute atomic E-state index is 12.6. The predicted octanol–water partition coefficient (Wildman–Crippen LogP) is 3.12.